The van der Waals surface area contributed by atoms with E-state index in [4.69, 9.17) is 4.74 Å². The first-order chi connectivity index (χ1) is 12.2. The Hall–Kier alpha value is -1.93. The van der Waals surface area contributed by atoms with Gasteiger partial charge in [-0.15, -0.1) is 0 Å². The number of sulfonamides is 1. The van der Waals surface area contributed by atoms with Gasteiger partial charge in [-0.3, -0.25) is 9.59 Å². The lowest BCUT2D eigenvalue weighted by Crippen LogP contribution is -2.47. The van der Waals surface area contributed by atoms with Crippen LogP contribution in [0.4, 0.5) is 0 Å². The van der Waals surface area contributed by atoms with Gasteiger partial charge in [-0.1, -0.05) is 17.7 Å². The number of carbonyl (C=O) groups excluding carboxylic acids is 2. The molecule has 26 heavy (non-hydrogen) atoms. The van der Waals surface area contributed by atoms with Crippen molar-refractivity contribution in [2.75, 3.05) is 13.2 Å². The molecule has 1 aromatic carbocycles. The molecule has 2 rings (SSSR count). The second-order valence-corrected chi connectivity index (χ2v) is 8.44. The monoisotopic (exact) mass is 382 g/mol. The summed E-state index contributed by atoms with van der Waals surface area (Å²) in [6.45, 7) is 6.57. The number of nitrogens with zero attached hydrogens (tertiary/aromatic N) is 1. The first-order valence-corrected chi connectivity index (χ1v) is 10.2. The van der Waals surface area contributed by atoms with Crippen LogP contribution >= 0.6 is 0 Å². The highest BCUT2D eigenvalue weighted by atomic mass is 32.2. The smallest absolute Gasteiger partial charge is 0.267 e. The lowest BCUT2D eigenvalue weighted by Gasteiger charge is -2.23. The number of carbonyl (C=O) groups is 2. The highest BCUT2D eigenvalue weighted by molar-refractivity contribution is 7.89. The van der Waals surface area contributed by atoms with Gasteiger partial charge in [0.2, 0.25) is 11.8 Å². The van der Waals surface area contributed by atoms with Gasteiger partial charge >= 0.3 is 0 Å². The predicted octanol–water partition coefficient (Wildman–Crippen LogP) is 1.61. The maximum Gasteiger partial charge on any atom is 0.267 e. The van der Waals surface area contributed by atoms with Crippen molar-refractivity contribution in [1.82, 2.24) is 9.62 Å². The van der Waals surface area contributed by atoms with E-state index >= 15 is 0 Å². The Labute approximate surface area is 154 Å². The second-order valence-electron chi connectivity index (χ2n) is 6.63. The highest BCUT2D eigenvalue weighted by Crippen LogP contribution is 2.27. The van der Waals surface area contributed by atoms with Crippen molar-refractivity contribution < 1.29 is 22.7 Å². The molecule has 1 atom stereocenters. The SMILES string of the molecule is Cc1ccc(S(=O)(=O)N2C(=O)CC[C@H]2C(=O)NCCCOC(C)C)cc1. The Morgan fingerprint density at radius 3 is 2.58 bits per heavy atom. The molecule has 0 aliphatic carbocycles. The minimum Gasteiger partial charge on any atom is -0.379 e. The number of amides is 2. The summed E-state index contributed by atoms with van der Waals surface area (Å²) in [5, 5.41) is 2.70. The molecule has 144 valence electrons. The van der Waals surface area contributed by atoms with Crippen LogP contribution in [-0.2, 0) is 24.3 Å². The van der Waals surface area contributed by atoms with Gasteiger partial charge in [0.1, 0.15) is 6.04 Å². The van der Waals surface area contributed by atoms with Crippen LogP contribution in [0.1, 0.15) is 38.7 Å². The molecule has 1 saturated heterocycles. The van der Waals surface area contributed by atoms with Crippen LogP contribution in [0.15, 0.2) is 29.2 Å². The molecule has 0 radical (unpaired) electrons. The van der Waals surface area contributed by atoms with Crippen LogP contribution in [0, 0.1) is 6.92 Å². The predicted molar refractivity (Wildman–Crippen MR) is 96.9 cm³/mol. The summed E-state index contributed by atoms with van der Waals surface area (Å²) in [7, 11) is -4.05. The maximum atomic E-state index is 12.8. The molecule has 1 N–H and O–H groups in total. The fourth-order valence-electron chi connectivity index (χ4n) is 2.75. The summed E-state index contributed by atoms with van der Waals surface area (Å²) in [5.41, 5.74) is 0.912. The van der Waals surface area contributed by atoms with Crippen molar-refractivity contribution in [2.45, 2.75) is 57.1 Å². The molecule has 1 fully saturated rings. The van der Waals surface area contributed by atoms with E-state index in [1.165, 1.54) is 12.1 Å². The van der Waals surface area contributed by atoms with E-state index in [1.807, 2.05) is 20.8 Å². The van der Waals surface area contributed by atoms with Crippen molar-refractivity contribution in [3.05, 3.63) is 29.8 Å². The number of hydrogen-bond acceptors (Lipinski definition) is 5. The fourth-order valence-corrected chi connectivity index (χ4v) is 4.35. The number of benzene rings is 1. The van der Waals surface area contributed by atoms with Crippen LogP contribution in [0.2, 0.25) is 0 Å². The molecule has 1 aliphatic rings. The highest BCUT2D eigenvalue weighted by Gasteiger charge is 2.44. The minimum absolute atomic E-state index is 0.0153. The van der Waals surface area contributed by atoms with E-state index in [0.717, 1.165) is 9.87 Å². The van der Waals surface area contributed by atoms with Gasteiger partial charge in [0, 0.05) is 19.6 Å². The zero-order valence-corrected chi connectivity index (χ0v) is 16.2. The van der Waals surface area contributed by atoms with Crippen molar-refractivity contribution in [2.24, 2.45) is 0 Å². The standard InChI is InChI=1S/C18H26N2O5S/c1-13(2)25-12-4-11-19-18(22)16-9-10-17(21)20(16)26(23,24)15-7-5-14(3)6-8-15/h5-8,13,16H,4,9-12H2,1-3H3,(H,19,22)/t16-/m0/s1. The molecule has 0 bridgehead atoms. The molecule has 1 aromatic rings. The first-order valence-electron chi connectivity index (χ1n) is 8.76. The van der Waals surface area contributed by atoms with Gasteiger partial charge in [-0.25, -0.2) is 12.7 Å². The summed E-state index contributed by atoms with van der Waals surface area (Å²) < 4.78 is 31.8. The third kappa shape index (κ3) is 4.82. The quantitative estimate of drug-likeness (QED) is 0.690. The summed E-state index contributed by atoms with van der Waals surface area (Å²) in [5.74, 6) is -0.995. The van der Waals surface area contributed by atoms with E-state index in [-0.39, 0.29) is 23.8 Å². The van der Waals surface area contributed by atoms with Crippen LogP contribution in [0.3, 0.4) is 0 Å². The largest absolute Gasteiger partial charge is 0.379 e. The Balaban J connectivity index is 2.05. The summed E-state index contributed by atoms with van der Waals surface area (Å²) in [6.07, 6.45) is 0.973. The van der Waals surface area contributed by atoms with Gasteiger partial charge in [0.05, 0.1) is 11.0 Å². The Morgan fingerprint density at radius 1 is 1.31 bits per heavy atom. The molecule has 1 heterocycles. The van der Waals surface area contributed by atoms with Crippen molar-refractivity contribution in [1.29, 1.82) is 0 Å². The number of rotatable bonds is 8. The van der Waals surface area contributed by atoms with Gasteiger partial charge in [0.15, 0.2) is 0 Å². The summed E-state index contributed by atoms with van der Waals surface area (Å²) >= 11 is 0. The molecule has 0 saturated carbocycles. The topological polar surface area (TPSA) is 92.8 Å². The van der Waals surface area contributed by atoms with E-state index in [2.05, 4.69) is 5.32 Å². The molecule has 7 nitrogen and oxygen atoms in total. The van der Waals surface area contributed by atoms with Gasteiger partial charge in [-0.05, 0) is 45.7 Å². The maximum absolute atomic E-state index is 12.8. The average molecular weight is 382 g/mol. The van der Waals surface area contributed by atoms with Crippen molar-refractivity contribution >= 4 is 21.8 Å². The third-order valence-corrected chi connectivity index (χ3v) is 5.96. The van der Waals surface area contributed by atoms with Crippen LogP contribution in [0.25, 0.3) is 0 Å². The number of ether oxygens (including phenoxy) is 1. The van der Waals surface area contributed by atoms with E-state index in [1.54, 1.807) is 12.1 Å². The van der Waals surface area contributed by atoms with Crippen LogP contribution < -0.4 is 5.32 Å². The number of aryl methyl sites for hydroxylation is 1. The van der Waals surface area contributed by atoms with Crippen LogP contribution in [0.5, 0.6) is 0 Å². The fraction of sp³-hybridized carbons (Fsp3) is 0.556. The third-order valence-electron chi connectivity index (χ3n) is 4.11. The summed E-state index contributed by atoms with van der Waals surface area (Å²) in [6, 6.07) is 5.23. The molecule has 0 spiro atoms. The van der Waals surface area contributed by atoms with E-state index in [0.29, 0.717) is 19.6 Å². The number of nitrogens with one attached hydrogen (secondary N) is 1. The zero-order valence-electron chi connectivity index (χ0n) is 15.4. The molecular formula is C18H26N2O5S. The summed E-state index contributed by atoms with van der Waals surface area (Å²) in [4.78, 5) is 24.6. The molecule has 0 aromatic heterocycles. The average Bonchev–Trinajstić information content (AvgIpc) is 2.97. The Morgan fingerprint density at radius 2 is 1.96 bits per heavy atom. The van der Waals surface area contributed by atoms with E-state index < -0.39 is 27.9 Å². The molecule has 2 amide bonds. The Kier molecular flexibility index (Phi) is 6.77. The second kappa shape index (κ2) is 8.64. The molecular weight excluding hydrogens is 356 g/mol. The van der Waals surface area contributed by atoms with Gasteiger partial charge in [-0.2, -0.15) is 0 Å². The zero-order chi connectivity index (χ0) is 19.3. The Bertz CT molecular complexity index is 743. The van der Waals surface area contributed by atoms with Crippen LogP contribution in [-0.4, -0.2) is 49.8 Å². The van der Waals surface area contributed by atoms with Gasteiger partial charge < -0.3 is 10.1 Å². The lowest BCUT2D eigenvalue weighted by molar-refractivity contribution is -0.130. The molecule has 8 heteroatoms. The molecule has 1 aliphatic heterocycles. The normalized spacial score (nSPS) is 17.8. The minimum atomic E-state index is -4.05. The number of hydrogen-bond donors (Lipinski definition) is 1. The lowest BCUT2D eigenvalue weighted by atomic mass is 10.2. The van der Waals surface area contributed by atoms with Crippen molar-refractivity contribution in [3.8, 4) is 0 Å². The van der Waals surface area contributed by atoms with Crippen molar-refractivity contribution in [3.63, 3.8) is 0 Å². The van der Waals surface area contributed by atoms with Gasteiger partial charge in [0.25, 0.3) is 10.0 Å². The molecule has 0 unspecified atom stereocenters. The van der Waals surface area contributed by atoms with E-state index in [9.17, 15) is 18.0 Å². The first kappa shape index (κ1) is 20.4.